The first-order chi connectivity index (χ1) is 9.87. The van der Waals surface area contributed by atoms with Crippen molar-refractivity contribution < 1.29 is 19.4 Å². The van der Waals surface area contributed by atoms with Gasteiger partial charge in [0.05, 0.1) is 30.6 Å². The molecule has 1 aliphatic rings. The van der Waals surface area contributed by atoms with Gasteiger partial charge in [-0.1, -0.05) is 0 Å². The van der Waals surface area contributed by atoms with E-state index in [4.69, 9.17) is 4.74 Å². The smallest absolute Gasteiger partial charge is 0.323 e. The molecule has 0 spiro atoms. The number of carboxylic acids is 1. The largest absolute Gasteiger partial charge is 0.480 e. The van der Waals surface area contributed by atoms with Crippen LogP contribution in [0.25, 0.3) is 0 Å². The quantitative estimate of drug-likeness (QED) is 0.844. The summed E-state index contributed by atoms with van der Waals surface area (Å²) in [6.45, 7) is 4.19. The third-order valence-corrected chi connectivity index (χ3v) is 3.23. The van der Waals surface area contributed by atoms with Gasteiger partial charge in [0, 0.05) is 12.7 Å². The topological polar surface area (TPSA) is 91.8 Å². The van der Waals surface area contributed by atoms with Gasteiger partial charge in [0.25, 0.3) is 0 Å². The van der Waals surface area contributed by atoms with Crippen molar-refractivity contribution in [1.82, 2.24) is 9.88 Å². The number of hydrogen-bond acceptors (Lipinski definition) is 5. The summed E-state index contributed by atoms with van der Waals surface area (Å²) in [6, 6.07) is 2.63. The van der Waals surface area contributed by atoms with Crippen LogP contribution in [0.1, 0.15) is 13.8 Å². The van der Waals surface area contributed by atoms with Gasteiger partial charge in [-0.25, -0.2) is 0 Å². The number of carboxylic acid groups (broad SMARTS) is 1. The number of carbonyl (C=O) groups is 2. The highest BCUT2D eigenvalue weighted by molar-refractivity contribution is 5.92. The molecule has 0 saturated carbocycles. The van der Waals surface area contributed by atoms with E-state index in [9.17, 15) is 14.7 Å². The molecule has 7 nitrogen and oxygen atoms in total. The molecule has 0 aromatic carbocycles. The van der Waals surface area contributed by atoms with E-state index in [0.717, 1.165) is 0 Å². The second-order valence-electron chi connectivity index (χ2n) is 5.62. The molecule has 1 amide bonds. The van der Waals surface area contributed by atoms with Gasteiger partial charge >= 0.3 is 5.97 Å². The molecular weight excluding hydrogens is 274 g/mol. The SMILES string of the molecule is CC1(C)CN(CC(=O)Nc2cccnc2)C(C(=O)O)CO1. The van der Waals surface area contributed by atoms with Crippen molar-refractivity contribution in [3.05, 3.63) is 24.5 Å². The van der Waals surface area contributed by atoms with E-state index in [1.165, 1.54) is 6.20 Å². The van der Waals surface area contributed by atoms with Crippen LogP contribution in [0.2, 0.25) is 0 Å². The molecule has 114 valence electrons. The summed E-state index contributed by atoms with van der Waals surface area (Å²) >= 11 is 0. The Balaban J connectivity index is 2.00. The minimum atomic E-state index is -0.986. The number of aromatic nitrogens is 1. The van der Waals surface area contributed by atoms with Crippen LogP contribution in [0.5, 0.6) is 0 Å². The Labute approximate surface area is 122 Å². The van der Waals surface area contributed by atoms with Gasteiger partial charge in [-0.15, -0.1) is 0 Å². The van der Waals surface area contributed by atoms with Crippen LogP contribution in [0.3, 0.4) is 0 Å². The van der Waals surface area contributed by atoms with Crippen LogP contribution in [0.15, 0.2) is 24.5 Å². The van der Waals surface area contributed by atoms with Gasteiger partial charge in [-0.05, 0) is 26.0 Å². The maximum absolute atomic E-state index is 12.0. The number of amides is 1. The van der Waals surface area contributed by atoms with E-state index in [2.05, 4.69) is 10.3 Å². The predicted molar refractivity (Wildman–Crippen MR) is 75.9 cm³/mol. The van der Waals surface area contributed by atoms with E-state index in [1.54, 1.807) is 23.2 Å². The summed E-state index contributed by atoms with van der Waals surface area (Å²) in [5, 5.41) is 11.9. The zero-order valence-corrected chi connectivity index (χ0v) is 12.1. The maximum Gasteiger partial charge on any atom is 0.323 e. The minimum Gasteiger partial charge on any atom is -0.480 e. The summed E-state index contributed by atoms with van der Waals surface area (Å²) in [7, 11) is 0. The Morgan fingerprint density at radius 1 is 1.57 bits per heavy atom. The molecule has 1 saturated heterocycles. The van der Waals surface area contributed by atoms with Gasteiger partial charge in [-0.2, -0.15) is 0 Å². The number of hydrogen-bond donors (Lipinski definition) is 2. The Bertz CT molecular complexity index is 518. The van der Waals surface area contributed by atoms with Gasteiger partial charge < -0.3 is 15.2 Å². The Morgan fingerprint density at radius 3 is 2.95 bits per heavy atom. The lowest BCUT2D eigenvalue weighted by molar-refractivity contribution is -0.162. The molecule has 2 heterocycles. The van der Waals surface area contributed by atoms with Crippen LogP contribution in [0, 0.1) is 0 Å². The van der Waals surface area contributed by atoms with Crippen molar-refractivity contribution in [3.63, 3.8) is 0 Å². The zero-order chi connectivity index (χ0) is 15.5. The Morgan fingerprint density at radius 2 is 2.33 bits per heavy atom. The first-order valence-electron chi connectivity index (χ1n) is 6.68. The number of rotatable bonds is 4. The van der Waals surface area contributed by atoms with Crippen LogP contribution in [-0.2, 0) is 14.3 Å². The molecule has 7 heteroatoms. The van der Waals surface area contributed by atoms with Gasteiger partial charge in [0.15, 0.2) is 0 Å². The normalized spacial score (nSPS) is 21.7. The third kappa shape index (κ3) is 4.24. The molecule has 21 heavy (non-hydrogen) atoms. The van der Waals surface area contributed by atoms with Gasteiger partial charge in [-0.3, -0.25) is 19.5 Å². The highest BCUT2D eigenvalue weighted by atomic mass is 16.5. The summed E-state index contributed by atoms with van der Waals surface area (Å²) in [4.78, 5) is 28.8. The monoisotopic (exact) mass is 293 g/mol. The van der Waals surface area contributed by atoms with E-state index >= 15 is 0 Å². The maximum atomic E-state index is 12.0. The van der Waals surface area contributed by atoms with E-state index < -0.39 is 17.6 Å². The lowest BCUT2D eigenvalue weighted by Crippen LogP contribution is -2.58. The molecule has 2 N–H and O–H groups in total. The lowest BCUT2D eigenvalue weighted by atomic mass is 10.0. The first-order valence-corrected chi connectivity index (χ1v) is 6.68. The van der Waals surface area contributed by atoms with Crippen molar-refractivity contribution >= 4 is 17.6 Å². The number of morpholine rings is 1. The molecule has 1 aliphatic heterocycles. The van der Waals surface area contributed by atoms with Crippen molar-refractivity contribution in [1.29, 1.82) is 0 Å². The predicted octanol–water partition coefficient (Wildman–Crippen LogP) is 0.584. The summed E-state index contributed by atoms with van der Waals surface area (Å²) < 4.78 is 5.51. The van der Waals surface area contributed by atoms with Crippen molar-refractivity contribution in [2.75, 3.05) is 25.0 Å². The van der Waals surface area contributed by atoms with Crippen LogP contribution in [0.4, 0.5) is 5.69 Å². The minimum absolute atomic E-state index is 0.00134. The van der Waals surface area contributed by atoms with Crippen LogP contribution in [-0.4, -0.2) is 58.2 Å². The fourth-order valence-electron chi connectivity index (χ4n) is 2.27. The van der Waals surface area contributed by atoms with Crippen LogP contribution >= 0.6 is 0 Å². The molecule has 2 rings (SSSR count). The van der Waals surface area contributed by atoms with Crippen molar-refractivity contribution in [2.24, 2.45) is 0 Å². The Kier molecular flexibility index (Phi) is 4.54. The van der Waals surface area contributed by atoms with Gasteiger partial charge in [0.2, 0.25) is 5.91 Å². The molecule has 1 fully saturated rings. The zero-order valence-electron chi connectivity index (χ0n) is 12.1. The fourth-order valence-corrected chi connectivity index (χ4v) is 2.27. The molecule has 1 atom stereocenters. The third-order valence-electron chi connectivity index (χ3n) is 3.23. The highest BCUT2D eigenvalue weighted by Gasteiger charge is 2.38. The average molecular weight is 293 g/mol. The van der Waals surface area contributed by atoms with E-state index in [1.807, 2.05) is 13.8 Å². The van der Waals surface area contributed by atoms with Crippen molar-refractivity contribution in [3.8, 4) is 0 Å². The molecule has 1 aromatic heterocycles. The number of ether oxygens (including phenoxy) is 1. The van der Waals surface area contributed by atoms with Crippen molar-refractivity contribution in [2.45, 2.75) is 25.5 Å². The molecule has 0 bridgehead atoms. The molecule has 0 radical (unpaired) electrons. The van der Waals surface area contributed by atoms with E-state index in [0.29, 0.717) is 12.2 Å². The number of nitrogens with one attached hydrogen (secondary N) is 1. The number of aliphatic carboxylic acids is 1. The van der Waals surface area contributed by atoms with E-state index in [-0.39, 0.29) is 19.1 Å². The highest BCUT2D eigenvalue weighted by Crippen LogP contribution is 2.20. The second kappa shape index (κ2) is 6.19. The Hall–Kier alpha value is -1.99. The summed E-state index contributed by atoms with van der Waals surface area (Å²) in [6.07, 6.45) is 3.15. The molecule has 1 unspecified atom stereocenters. The molecule has 1 aromatic rings. The number of nitrogens with zero attached hydrogens (tertiary/aromatic N) is 2. The molecular formula is C14H19N3O4. The number of pyridine rings is 1. The standard InChI is InChI=1S/C14H19N3O4/c1-14(2)9-17(11(8-21-14)13(19)20)7-12(18)16-10-4-3-5-15-6-10/h3-6,11H,7-9H2,1-2H3,(H,16,18)(H,19,20). The average Bonchev–Trinajstić information content (AvgIpc) is 2.38. The fraction of sp³-hybridized carbons (Fsp3) is 0.500. The van der Waals surface area contributed by atoms with Crippen LogP contribution < -0.4 is 5.32 Å². The second-order valence-corrected chi connectivity index (χ2v) is 5.62. The number of carbonyl (C=O) groups excluding carboxylic acids is 1. The summed E-state index contributed by atoms with van der Waals surface area (Å²) in [5.41, 5.74) is 0.113. The summed E-state index contributed by atoms with van der Waals surface area (Å²) in [5.74, 6) is -1.26. The van der Waals surface area contributed by atoms with Gasteiger partial charge in [0.1, 0.15) is 6.04 Å². The molecule has 0 aliphatic carbocycles. The number of anilines is 1. The lowest BCUT2D eigenvalue weighted by Gasteiger charge is -2.41. The first kappa shape index (κ1) is 15.4.